The molecule has 16 heavy (non-hydrogen) atoms. The van der Waals surface area contributed by atoms with Crippen LogP contribution in [0.15, 0.2) is 17.4 Å². The first-order valence-electron chi connectivity index (χ1n) is 5.54. The van der Waals surface area contributed by atoms with Gasteiger partial charge in [-0.05, 0) is 5.92 Å². The van der Waals surface area contributed by atoms with E-state index in [0.29, 0.717) is 5.92 Å². The summed E-state index contributed by atoms with van der Waals surface area (Å²) in [5.74, 6) is 1.44. The Bertz CT molecular complexity index is 340. The van der Waals surface area contributed by atoms with Crippen LogP contribution in [0.25, 0.3) is 0 Å². The Morgan fingerprint density at radius 1 is 1.50 bits per heavy atom. The largest absolute Gasteiger partial charge is 0.356 e. The number of hydrogen-bond donors (Lipinski definition) is 2. The molecule has 1 rings (SSSR count). The quantitative estimate of drug-likeness (QED) is 0.585. The number of rotatable bonds is 4. The number of nitrogens with zero attached hydrogens (tertiary/aromatic N) is 3. The zero-order chi connectivity index (χ0) is 12.0. The summed E-state index contributed by atoms with van der Waals surface area (Å²) >= 11 is 0. The molecule has 5 heteroatoms. The molecular formula is C11H21N5. The van der Waals surface area contributed by atoms with Gasteiger partial charge in [0.15, 0.2) is 5.96 Å². The predicted molar refractivity (Wildman–Crippen MR) is 66.2 cm³/mol. The lowest BCUT2D eigenvalue weighted by molar-refractivity contribution is 0.614. The molecule has 0 aromatic carbocycles. The summed E-state index contributed by atoms with van der Waals surface area (Å²) in [6, 6.07) is 0. The van der Waals surface area contributed by atoms with Crippen molar-refractivity contribution in [1.29, 1.82) is 0 Å². The van der Waals surface area contributed by atoms with Crippen LogP contribution in [0.4, 0.5) is 0 Å². The van der Waals surface area contributed by atoms with Gasteiger partial charge in [0, 0.05) is 38.9 Å². The van der Waals surface area contributed by atoms with Crippen molar-refractivity contribution < 1.29 is 0 Å². The zero-order valence-corrected chi connectivity index (χ0v) is 10.5. The maximum atomic E-state index is 4.15. The molecule has 0 amide bonds. The molecule has 0 atom stereocenters. The van der Waals surface area contributed by atoms with Crippen LogP contribution in [0.5, 0.6) is 0 Å². The van der Waals surface area contributed by atoms with Crippen LogP contribution in [0.3, 0.4) is 0 Å². The van der Waals surface area contributed by atoms with Gasteiger partial charge < -0.3 is 10.6 Å². The van der Waals surface area contributed by atoms with E-state index in [-0.39, 0.29) is 0 Å². The zero-order valence-electron chi connectivity index (χ0n) is 10.5. The Balaban J connectivity index is 2.34. The van der Waals surface area contributed by atoms with E-state index >= 15 is 0 Å². The molecule has 1 aromatic rings. The average molecular weight is 223 g/mol. The Hall–Kier alpha value is -1.52. The fourth-order valence-corrected chi connectivity index (χ4v) is 1.27. The Morgan fingerprint density at radius 2 is 2.25 bits per heavy atom. The summed E-state index contributed by atoms with van der Waals surface area (Å²) in [6.07, 6.45) is 3.84. The number of nitrogens with one attached hydrogen (secondary N) is 2. The third-order valence-electron chi connectivity index (χ3n) is 2.12. The first-order chi connectivity index (χ1) is 7.61. The fraction of sp³-hybridized carbons (Fsp3) is 0.636. The van der Waals surface area contributed by atoms with E-state index < -0.39 is 0 Å². The molecule has 0 aliphatic carbocycles. The summed E-state index contributed by atoms with van der Waals surface area (Å²) in [7, 11) is 3.69. The Labute approximate surface area is 97.0 Å². The van der Waals surface area contributed by atoms with E-state index in [4.69, 9.17) is 0 Å². The van der Waals surface area contributed by atoms with Crippen molar-refractivity contribution in [2.45, 2.75) is 20.4 Å². The third-order valence-corrected chi connectivity index (χ3v) is 2.12. The van der Waals surface area contributed by atoms with Crippen molar-refractivity contribution in [2.75, 3.05) is 13.6 Å². The monoisotopic (exact) mass is 223 g/mol. The second kappa shape index (κ2) is 6.15. The number of aliphatic imine (C=N–C) groups is 1. The molecule has 0 spiro atoms. The highest BCUT2D eigenvalue weighted by atomic mass is 15.2. The molecule has 0 fully saturated rings. The van der Waals surface area contributed by atoms with Gasteiger partial charge in [0.1, 0.15) is 0 Å². The molecule has 2 N–H and O–H groups in total. The molecule has 0 aliphatic heterocycles. The number of aryl methyl sites for hydroxylation is 1. The topological polar surface area (TPSA) is 54.2 Å². The molecular weight excluding hydrogens is 202 g/mol. The van der Waals surface area contributed by atoms with Crippen LogP contribution in [0.1, 0.15) is 19.4 Å². The van der Waals surface area contributed by atoms with E-state index in [1.807, 2.05) is 19.4 Å². The van der Waals surface area contributed by atoms with Crippen molar-refractivity contribution in [3.05, 3.63) is 18.0 Å². The average Bonchev–Trinajstić information content (AvgIpc) is 2.64. The van der Waals surface area contributed by atoms with Gasteiger partial charge >= 0.3 is 0 Å². The molecule has 0 radical (unpaired) electrons. The van der Waals surface area contributed by atoms with Crippen molar-refractivity contribution >= 4 is 5.96 Å². The minimum atomic E-state index is 0.608. The van der Waals surface area contributed by atoms with Crippen molar-refractivity contribution in [3.8, 4) is 0 Å². The highest BCUT2D eigenvalue weighted by molar-refractivity contribution is 5.79. The Kier molecular flexibility index (Phi) is 4.82. The van der Waals surface area contributed by atoms with E-state index in [2.05, 4.69) is 34.6 Å². The molecule has 1 heterocycles. The van der Waals surface area contributed by atoms with E-state index in [9.17, 15) is 0 Å². The van der Waals surface area contributed by atoms with Crippen LogP contribution in [0, 0.1) is 5.92 Å². The van der Waals surface area contributed by atoms with Crippen LogP contribution in [-0.2, 0) is 13.6 Å². The van der Waals surface area contributed by atoms with Gasteiger partial charge in [-0.15, -0.1) is 0 Å². The predicted octanol–water partition coefficient (Wildman–Crippen LogP) is 0.741. The van der Waals surface area contributed by atoms with Crippen molar-refractivity contribution in [3.63, 3.8) is 0 Å². The summed E-state index contributed by atoms with van der Waals surface area (Å²) in [4.78, 5) is 4.15. The van der Waals surface area contributed by atoms with Crippen LogP contribution >= 0.6 is 0 Å². The second-order valence-corrected chi connectivity index (χ2v) is 4.22. The third kappa shape index (κ3) is 4.33. The first-order valence-corrected chi connectivity index (χ1v) is 5.54. The minimum absolute atomic E-state index is 0.608. The minimum Gasteiger partial charge on any atom is -0.356 e. The van der Waals surface area contributed by atoms with Gasteiger partial charge in [-0.2, -0.15) is 5.10 Å². The molecule has 0 bridgehead atoms. The van der Waals surface area contributed by atoms with Gasteiger partial charge in [0.05, 0.1) is 6.20 Å². The summed E-state index contributed by atoms with van der Waals surface area (Å²) < 4.78 is 1.79. The summed E-state index contributed by atoms with van der Waals surface area (Å²) in [6.45, 7) is 6.00. The van der Waals surface area contributed by atoms with Crippen molar-refractivity contribution in [2.24, 2.45) is 18.0 Å². The lowest BCUT2D eigenvalue weighted by Gasteiger charge is -2.12. The summed E-state index contributed by atoms with van der Waals surface area (Å²) in [5, 5.41) is 10.6. The Morgan fingerprint density at radius 3 is 2.75 bits per heavy atom. The molecule has 1 aromatic heterocycles. The fourth-order valence-electron chi connectivity index (χ4n) is 1.27. The number of aromatic nitrogens is 2. The molecule has 0 aliphatic rings. The smallest absolute Gasteiger partial charge is 0.191 e. The molecule has 90 valence electrons. The molecule has 0 unspecified atom stereocenters. The SMILES string of the molecule is CN=C(NCc1cnn(C)c1)NCC(C)C. The highest BCUT2D eigenvalue weighted by Gasteiger charge is 2.00. The van der Waals surface area contributed by atoms with Crippen molar-refractivity contribution in [1.82, 2.24) is 20.4 Å². The summed E-state index contributed by atoms with van der Waals surface area (Å²) in [5.41, 5.74) is 1.15. The number of guanidine groups is 1. The number of hydrogen-bond acceptors (Lipinski definition) is 2. The first kappa shape index (κ1) is 12.5. The molecule has 0 saturated heterocycles. The maximum Gasteiger partial charge on any atom is 0.191 e. The highest BCUT2D eigenvalue weighted by Crippen LogP contribution is 1.94. The van der Waals surface area contributed by atoms with Gasteiger partial charge in [-0.1, -0.05) is 13.8 Å². The van der Waals surface area contributed by atoms with Gasteiger partial charge in [-0.25, -0.2) is 0 Å². The molecule has 5 nitrogen and oxygen atoms in total. The van der Waals surface area contributed by atoms with E-state index in [1.54, 1.807) is 11.7 Å². The lowest BCUT2D eigenvalue weighted by Crippen LogP contribution is -2.38. The second-order valence-electron chi connectivity index (χ2n) is 4.22. The van der Waals surface area contributed by atoms with Crippen LogP contribution < -0.4 is 10.6 Å². The van der Waals surface area contributed by atoms with Gasteiger partial charge in [0.25, 0.3) is 0 Å². The van der Waals surface area contributed by atoms with E-state index in [1.165, 1.54) is 0 Å². The van der Waals surface area contributed by atoms with Crippen LogP contribution in [-0.4, -0.2) is 29.3 Å². The van der Waals surface area contributed by atoms with Gasteiger partial charge in [0.2, 0.25) is 0 Å². The molecule has 0 saturated carbocycles. The maximum absolute atomic E-state index is 4.15. The normalized spacial score (nSPS) is 11.9. The standard InChI is InChI=1S/C11H21N5/c1-9(2)5-13-11(12-3)14-6-10-7-15-16(4)8-10/h7-9H,5-6H2,1-4H3,(H2,12,13,14). The van der Waals surface area contributed by atoms with Crippen LogP contribution in [0.2, 0.25) is 0 Å². The van der Waals surface area contributed by atoms with E-state index in [0.717, 1.165) is 24.6 Å². The lowest BCUT2D eigenvalue weighted by atomic mass is 10.2. The van der Waals surface area contributed by atoms with Gasteiger partial charge in [-0.3, -0.25) is 9.67 Å².